The Kier molecular flexibility index (Phi) is 3.74. The van der Waals surface area contributed by atoms with E-state index in [4.69, 9.17) is 4.74 Å². The molecule has 0 aliphatic carbocycles. The number of halogens is 1. The number of nitrogens with zero attached hydrogens (tertiary/aromatic N) is 1. The fourth-order valence-electron chi connectivity index (χ4n) is 3.67. The molecule has 2 aromatic rings. The minimum absolute atomic E-state index is 0.104. The van der Waals surface area contributed by atoms with Crippen molar-refractivity contribution in [2.24, 2.45) is 0 Å². The van der Waals surface area contributed by atoms with Gasteiger partial charge in [-0.1, -0.05) is 46.3 Å². The number of rotatable bonds is 1. The van der Waals surface area contributed by atoms with Crippen molar-refractivity contribution in [3.05, 3.63) is 69.7 Å². The highest BCUT2D eigenvalue weighted by Crippen LogP contribution is 2.44. The van der Waals surface area contributed by atoms with Gasteiger partial charge in [0.25, 0.3) is 5.91 Å². The number of ether oxygens (including phenoxy) is 1. The molecule has 4 rings (SSSR count). The number of amides is 1. The van der Waals surface area contributed by atoms with E-state index in [0.717, 1.165) is 36.0 Å². The van der Waals surface area contributed by atoms with Crippen LogP contribution in [-0.2, 0) is 16.9 Å². The van der Waals surface area contributed by atoms with Crippen LogP contribution in [0.2, 0.25) is 0 Å². The van der Waals surface area contributed by atoms with E-state index in [1.807, 2.05) is 29.2 Å². The highest BCUT2D eigenvalue weighted by Gasteiger charge is 2.43. The molecule has 1 amide bonds. The summed E-state index contributed by atoms with van der Waals surface area (Å²) >= 11 is 3.43. The first-order valence-corrected chi connectivity index (χ1v) is 8.74. The van der Waals surface area contributed by atoms with Crippen LogP contribution in [0.1, 0.15) is 34.3 Å². The molecule has 4 heteroatoms. The molecule has 0 aromatic heterocycles. The van der Waals surface area contributed by atoms with E-state index in [9.17, 15) is 4.79 Å². The van der Waals surface area contributed by atoms with Crippen LogP contribution in [0.3, 0.4) is 0 Å². The maximum atomic E-state index is 12.7. The Balaban J connectivity index is 1.51. The molecule has 0 unspecified atom stereocenters. The van der Waals surface area contributed by atoms with Crippen LogP contribution in [0.4, 0.5) is 0 Å². The smallest absolute Gasteiger partial charge is 0.253 e. The molecule has 1 saturated heterocycles. The third-order valence-electron chi connectivity index (χ3n) is 4.94. The van der Waals surface area contributed by atoms with Crippen LogP contribution >= 0.6 is 15.9 Å². The van der Waals surface area contributed by atoms with Gasteiger partial charge in [-0.25, -0.2) is 0 Å². The van der Waals surface area contributed by atoms with Crippen molar-refractivity contribution in [1.29, 1.82) is 0 Å². The van der Waals surface area contributed by atoms with E-state index in [2.05, 4.69) is 40.2 Å². The van der Waals surface area contributed by atoms with Gasteiger partial charge in [0.1, 0.15) is 0 Å². The van der Waals surface area contributed by atoms with Gasteiger partial charge in [0.15, 0.2) is 0 Å². The molecule has 2 aliphatic rings. The summed E-state index contributed by atoms with van der Waals surface area (Å²) in [5.41, 5.74) is 3.15. The normalized spacial score (nSPS) is 18.9. The third kappa shape index (κ3) is 2.60. The summed E-state index contributed by atoms with van der Waals surface area (Å²) in [5.74, 6) is 0.104. The Bertz CT molecular complexity index is 751. The second-order valence-electron chi connectivity index (χ2n) is 6.24. The SMILES string of the molecule is O=C(c1cccc(Br)c1)N1CCC2(CC1)OCc1ccccc12. The molecule has 2 heterocycles. The van der Waals surface area contributed by atoms with Crippen LogP contribution in [0, 0.1) is 0 Å². The van der Waals surface area contributed by atoms with Gasteiger partial charge < -0.3 is 9.64 Å². The van der Waals surface area contributed by atoms with Crippen LogP contribution < -0.4 is 0 Å². The summed E-state index contributed by atoms with van der Waals surface area (Å²) in [5, 5.41) is 0. The zero-order chi connectivity index (χ0) is 15.9. The Morgan fingerprint density at radius 1 is 1.09 bits per heavy atom. The average molecular weight is 372 g/mol. The minimum atomic E-state index is -0.190. The topological polar surface area (TPSA) is 29.5 Å². The standard InChI is InChI=1S/C19H18BrNO2/c20-16-6-3-5-14(12-16)18(22)21-10-8-19(9-11-21)17-7-2-1-4-15(17)13-23-19/h1-7,12H,8-11,13H2. The molecule has 0 saturated carbocycles. The van der Waals surface area contributed by atoms with Crippen LogP contribution in [0.5, 0.6) is 0 Å². The molecule has 0 radical (unpaired) electrons. The lowest BCUT2D eigenvalue weighted by molar-refractivity contribution is -0.0741. The van der Waals surface area contributed by atoms with Gasteiger partial charge in [-0.15, -0.1) is 0 Å². The number of fused-ring (bicyclic) bond motifs is 2. The fourth-order valence-corrected chi connectivity index (χ4v) is 4.07. The van der Waals surface area contributed by atoms with Crippen molar-refractivity contribution in [3.8, 4) is 0 Å². The molecule has 2 aliphatic heterocycles. The summed E-state index contributed by atoms with van der Waals surface area (Å²) in [7, 11) is 0. The largest absolute Gasteiger partial charge is 0.365 e. The lowest BCUT2D eigenvalue weighted by Gasteiger charge is -2.39. The van der Waals surface area contributed by atoms with Crippen molar-refractivity contribution >= 4 is 21.8 Å². The first kappa shape index (κ1) is 14.9. The first-order valence-electron chi connectivity index (χ1n) is 7.95. The molecule has 1 fully saturated rings. The van der Waals surface area contributed by atoms with Crippen LogP contribution in [0.15, 0.2) is 53.0 Å². The molecular formula is C19H18BrNO2. The van der Waals surface area contributed by atoms with E-state index in [1.54, 1.807) is 0 Å². The van der Waals surface area contributed by atoms with E-state index >= 15 is 0 Å². The summed E-state index contributed by atoms with van der Waals surface area (Å²) in [6.45, 7) is 2.16. The lowest BCUT2D eigenvalue weighted by Crippen LogP contribution is -2.45. The van der Waals surface area contributed by atoms with Gasteiger partial charge in [-0.3, -0.25) is 4.79 Å². The Morgan fingerprint density at radius 2 is 1.87 bits per heavy atom. The maximum Gasteiger partial charge on any atom is 0.253 e. The van der Waals surface area contributed by atoms with Gasteiger partial charge in [0, 0.05) is 23.1 Å². The summed E-state index contributed by atoms with van der Waals surface area (Å²) < 4.78 is 7.09. The van der Waals surface area contributed by atoms with Crippen molar-refractivity contribution < 1.29 is 9.53 Å². The predicted octanol–water partition coefficient (Wildman–Crippen LogP) is 4.11. The van der Waals surface area contributed by atoms with Gasteiger partial charge >= 0.3 is 0 Å². The van der Waals surface area contributed by atoms with Crippen molar-refractivity contribution in [1.82, 2.24) is 4.90 Å². The highest BCUT2D eigenvalue weighted by molar-refractivity contribution is 9.10. The first-order chi connectivity index (χ1) is 11.2. The number of benzene rings is 2. The second-order valence-corrected chi connectivity index (χ2v) is 7.16. The van der Waals surface area contributed by atoms with Crippen molar-refractivity contribution in [2.45, 2.75) is 25.0 Å². The predicted molar refractivity (Wildman–Crippen MR) is 92.2 cm³/mol. The van der Waals surface area contributed by atoms with E-state index in [0.29, 0.717) is 6.61 Å². The average Bonchev–Trinajstić information content (AvgIpc) is 2.94. The molecule has 23 heavy (non-hydrogen) atoms. The number of carbonyl (C=O) groups is 1. The highest BCUT2D eigenvalue weighted by atomic mass is 79.9. The van der Waals surface area contributed by atoms with E-state index in [1.165, 1.54) is 11.1 Å². The fraction of sp³-hybridized carbons (Fsp3) is 0.316. The maximum absolute atomic E-state index is 12.7. The third-order valence-corrected chi connectivity index (χ3v) is 5.44. The summed E-state index contributed by atoms with van der Waals surface area (Å²) in [4.78, 5) is 14.6. The zero-order valence-corrected chi connectivity index (χ0v) is 14.4. The quantitative estimate of drug-likeness (QED) is 0.754. The molecule has 3 nitrogen and oxygen atoms in total. The van der Waals surface area contributed by atoms with Crippen molar-refractivity contribution in [3.63, 3.8) is 0 Å². The molecule has 0 atom stereocenters. The Hall–Kier alpha value is -1.65. The monoisotopic (exact) mass is 371 g/mol. The van der Waals surface area contributed by atoms with Crippen LogP contribution in [-0.4, -0.2) is 23.9 Å². The summed E-state index contributed by atoms with van der Waals surface area (Å²) in [6, 6.07) is 16.1. The number of piperidine rings is 1. The zero-order valence-electron chi connectivity index (χ0n) is 12.8. The van der Waals surface area contributed by atoms with E-state index < -0.39 is 0 Å². The Labute approximate surface area is 144 Å². The molecule has 0 bridgehead atoms. The number of likely N-dealkylation sites (tertiary alicyclic amines) is 1. The lowest BCUT2D eigenvalue weighted by atomic mass is 9.83. The minimum Gasteiger partial charge on any atom is -0.365 e. The second kappa shape index (κ2) is 5.77. The molecule has 0 N–H and O–H groups in total. The van der Waals surface area contributed by atoms with E-state index in [-0.39, 0.29) is 11.5 Å². The molecule has 118 valence electrons. The molecular weight excluding hydrogens is 354 g/mol. The molecule has 2 aromatic carbocycles. The van der Waals surface area contributed by atoms with Crippen LogP contribution in [0.25, 0.3) is 0 Å². The van der Waals surface area contributed by atoms with Gasteiger partial charge in [-0.05, 0) is 42.2 Å². The van der Waals surface area contributed by atoms with Gasteiger partial charge in [0.2, 0.25) is 0 Å². The number of carbonyl (C=O) groups excluding carboxylic acids is 1. The molecule has 1 spiro atoms. The van der Waals surface area contributed by atoms with Crippen molar-refractivity contribution in [2.75, 3.05) is 13.1 Å². The number of hydrogen-bond donors (Lipinski definition) is 0. The Morgan fingerprint density at radius 3 is 2.65 bits per heavy atom. The van der Waals surface area contributed by atoms with Gasteiger partial charge in [-0.2, -0.15) is 0 Å². The number of hydrogen-bond acceptors (Lipinski definition) is 2. The van der Waals surface area contributed by atoms with Gasteiger partial charge in [0.05, 0.1) is 12.2 Å². The summed E-state index contributed by atoms with van der Waals surface area (Å²) in [6.07, 6.45) is 1.73.